The van der Waals surface area contributed by atoms with E-state index in [0.717, 1.165) is 18.5 Å². The second-order valence-electron chi connectivity index (χ2n) is 6.71. The summed E-state index contributed by atoms with van der Waals surface area (Å²) in [6.45, 7) is 0. The summed E-state index contributed by atoms with van der Waals surface area (Å²) in [5.74, 6) is 0.952. The van der Waals surface area contributed by atoms with Crippen LogP contribution in [0.4, 0.5) is 17.3 Å². The van der Waals surface area contributed by atoms with Crippen molar-refractivity contribution < 1.29 is 9.90 Å². The minimum absolute atomic E-state index is 0.193. The number of anilines is 3. The number of rotatable bonds is 7. The molecular formula is C17H23N9O2. The number of imidazole rings is 1. The topological polar surface area (TPSA) is 133 Å². The zero-order valence-electron chi connectivity index (χ0n) is 15.9. The SMILES string of the molecule is CNc1cc(Nc2cc(C(O)NC)nn2C)nn2c(C(=O)NC3CC3)cnc12. The molecule has 5 N–H and O–H groups in total. The number of aromatic nitrogens is 5. The Kier molecular flexibility index (Phi) is 4.61. The Balaban J connectivity index is 1.69. The molecule has 3 aromatic heterocycles. The highest BCUT2D eigenvalue weighted by molar-refractivity contribution is 5.94. The first-order valence-corrected chi connectivity index (χ1v) is 9.04. The molecule has 0 saturated heterocycles. The number of nitrogens with one attached hydrogen (secondary N) is 4. The van der Waals surface area contributed by atoms with Gasteiger partial charge in [-0.1, -0.05) is 0 Å². The molecule has 28 heavy (non-hydrogen) atoms. The fraction of sp³-hybridized carbons (Fsp3) is 0.412. The van der Waals surface area contributed by atoms with E-state index >= 15 is 0 Å². The van der Waals surface area contributed by atoms with Gasteiger partial charge in [0.2, 0.25) is 0 Å². The standard InChI is InChI=1S/C17H23N9O2/c1-18-10-6-13(22-14-7-11(16(27)19-2)23-25(14)3)24-26-12(8-20-15(10)26)17(28)21-9-4-5-9/h6-9,16,18-19,27H,4-5H2,1-3H3,(H,21,28)(H,22,24). The van der Waals surface area contributed by atoms with Crippen LogP contribution < -0.4 is 21.3 Å². The van der Waals surface area contributed by atoms with Crippen molar-refractivity contribution >= 4 is 28.9 Å². The minimum atomic E-state index is -0.864. The largest absolute Gasteiger partial charge is 0.385 e. The van der Waals surface area contributed by atoms with E-state index in [-0.39, 0.29) is 11.9 Å². The molecule has 1 saturated carbocycles. The van der Waals surface area contributed by atoms with Crippen LogP contribution in [-0.4, -0.2) is 55.5 Å². The lowest BCUT2D eigenvalue weighted by Gasteiger charge is -2.10. The number of amides is 1. The molecule has 1 aliphatic carbocycles. The Morgan fingerprint density at radius 1 is 1.29 bits per heavy atom. The zero-order chi connectivity index (χ0) is 19.8. The van der Waals surface area contributed by atoms with Crippen molar-refractivity contribution in [3.05, 3.63) is 29.7 Å². The predicted molar refractivity (Wildman–Crippen MR) is 104 cm³/mol. The van der Waals surface area contributed by atoms with E-state index in [2.05, 4.69) is 36.4 Å². The van der Waals surface area contributed by atoms with Crippen LogP contribution in [-0.2, 0) is 7.05 Å². The first kappa shape index (κ1) is 18.2. The number of aliphatic hydroxyl groups excluding tert-OH is 1. The fourth-order valence-electron chi connectivity index (χ4n) is 2.87. The zero-order valence-corrected chi connectivity index (χ0v) is 15.9. The lowest BCUT2D eigenvalue weighted by Crippen LogP contribution is -2.27. The molecule has 0 aromatic carbocycles. The van der Waals surface area contributed by atoms with Crippen molar-refractivity contribution in [2.24, 2.45) is 7.05 Å². The van der Waals surface area contributed by atoms with Crippen LogP contribution in [0.1, 0.15) is 35.3 Å². The van der Waals surface area contributed by atoms with Crippen LogP contribution in [0.25, 0.3) is 5.65 Å². The van der Waals surface area contributed by atoms with Crippen LogP contribution in [0.5, 0.6) is 0 Å². The number of aryl methyl sites for hydroxylation is 1. The van der Waals surface area contributed by atoms with E-state index in [1.54, 1.807) is 38.0 Å². The van der Waals surface area contributed by atoms with Gasteiger partial charge in [0.15, 0.2) is 17.2 Å². The van der Waals surface area contributed by atoms with Gasteiger partial charge in [0.25, 0.3) is 5.91 Å². The monoisotopic (exact) mass is 385 g/mol. The molecule has 148 valence electrons. The molecule has 4 rings (SSSR count). The third kappa shape index (κ3) is 3.37. The average Bonchev–Trinajstić information content (AvgIpc) is 3.28. The van der Waals surface area contributed by atoms with Crippen molar-refractivity contribution in [1.82, 2.24) is 35.0 Å². The maximum atomic E-state index is 12.5. The molecule has 1 aliphatic rings. The quantitative estimate of drug-likeness (QED) is 0.368. The summed E-state index contributed by atoms with van der Waals surface area (Å²) in [6, 6.07) is 3.77. The molecule has 3 heterocycles. The Morgan fingerprint density at radius 2 is 2.07 bits per heavy atom. The fourth-order valence-corrected chi connectivity index (χ4v) is 2.87. The molecule has 0 radical (unpaired) electrons. The van der Waals surface area contributed by atoms with Crippen molar-refractivity contribution in [2.45, 2.75) is 25.1 Å². The van der Waals surface area contributed by atoms with Gasteiger partial charge in [0.1, 0.15) is 17.7 Å². The number of hydrogen-bond donors (Lipinski definition) is 5. The van der Waals surface area contributed by atoms with Gasteiger partial charge >= 0.3 is 0 Å². The molecule has 0 aliphatic heterocycles. The normalized spacial score (nSPS) is 14.9. The Hall–Kier alpha value is -3.18. The van der Waals surface area contributed by atoms with Gasteiger partial charge in [-0.2, -0.15) is 5.10 Å². The van der Waals surface area contributed by atoms with Crippen molar-refractivity contribution in [1.29, 1.82) is 0 Å². The van der Waals surface area contributed by atoms with Crippen LogP contribution in [0.2, 0.25) is 0 Å². The molecule has 3 aromatic rings. The summed E-state index contributed by atoms with van der Waals surface area (Å²) in [4.78, 5) is 16.8. The summed E-state index contributed by atoms with van der Waals surface area (Å²) in [5.41, 5.74) is 2.14. The molecule has 1 fully saturated rings. The second kappa shape index (κ2) is 7.09. The van der Waals surface area contributed by atoms with Crippen LogP contribution >= 0.6 is 0 Å². The van der Waals surface area contributed by atoms with E-state index in [0.29, 0.717) is 28.7 Å². The van der Waals surface area contributed by atoms with Crippen molar-refractivity contribution in [2.75, 3.05) is 24.7 Å². The van der Waals surface area contributed by atoms with E-state index in [4.69, 9.17) is 0 Å². The maximum absolute atomic E-state index is 12.5. The average molecular weight is 385 g/mol. The van der Waals surface area contributed by atoms with Gasteiger partial charge < -0.3 is 21.1 Å². The lowest BCUT2D eigenvalue weighted by atomic mass is 10.3. The highest BCUT2D eigenvalue weighted by Crippen LogP contribution is 2.24. The molecule has 0 bridgehead atoms. The van der Waals surface area contributed by atoms with E-state index < -0.39 is 6.23 Å². The Labute approximate surface area is 161 Å². The van der Waals surface area contributed by atoms with Gasteiger partial charge in [-0.15, -0.1) is 5.10 Å². The number of aliphatic hydroxyl groups is 1. The molecule has 11 nitrogen and oxygen atoms in total. The number of nitrogens with zero attached hydrogens (tertiary/aromatic N) is 5. The number of carbonyl (C=O) groups is 1. The van der Waals surface area contributed by atoms with E-state index in [1.165, 1.54) is 10.7 Å². The molecule has 11 heteroatoms. The second-order valence-corrected chi connectivity index (χ2v) is 6.71. The van der Waals surface area contributed by atoms with Crippen molar-refractivity contribution in [3.8, 4) is 0 Å². The molecular weight excluding hydrogens is 362 g/mol. The van der Waals surface area contributed by atoms with Gasteiger partial charge in [-0.05, 0) is 19.9 Å². The highest BCUT2D eigenvalue weighted by Gasteiger charge is 2.26. The highest BCUT2D eigenvalue weighted by atomic mass is 16.3. The van der Waals surface area contributed by atoms with Crippen molar-refractivity contribution in [3.63, 3.8) is 0 Å². The Morgan fingerprint density at radius 3 is 2.75 bits per heavy atom. The number of carbonyl (C=O) groups excluding carboxylic acids is 1. The van der Waals surface area contributed by atoms with Crippen LogP contribution in [0.3, 0.4) is 0 Å². The predicted octanol–water partition coefficient (Wildman–Crippen LogP) is 0.351. The third-order valence-corrected chi connectivity index (χ3v) is 4.59. The molecule has 1 amide bonds. The third-order valence-electron chi connectivity index (χ3n) is 4.59. The Bertz CT molecular complexity index is 1020. The smallest absolute Gasteiger partial charge is 0.271 e. The van der Waals surface area contributed by atoms with Gasteiger partial charge in [-0.3, -0.25) is 14.8 Å². The summed E-state index contributed by atoms with van der Waals surface area (Å²) < 4.78 is 3.13. The first-order chi connectivity index (χ1) is 13.5. The summed E-state index contributed by atoms with van der Waals surface area (Å²) in [6.07, 6.45) is 2.67. The first-order valence-electron chi connectivity index (χ1n) is 9.04. The molecule has 0 spiro atoms. The summed E-state index contributed by atoms with van der Waals surface area (Å²) in [5, 5.41) is 30.7. The van der Waals surface area contributed by atoms with E-state index in [1.807, 2.05) is 0 Å². The molecule has 1 unspecified atom stereocenters. The van der Waals surface area contributed by atoms with Gasteiger partial charge in [0.05, 0.1) is 11.9 Å². The lowest BCUT2D eigenvalue weighted by molar-refractivity contribution is 0.0944. The minimum Gasteiger partial charge on any atom is -0.385 e. The van der Waals surface area contributed by atoms with Gasteiger partial charge in [-0.25, -0.2) is 9.50 Å². The van der Waals surface area contributed by atoms with Crippen LogP contribution in [0, 0.1) is 0 Å². The number of fused-ring (bicyclic) bond motifs is 1. The summed E-state index contributed by atoms with van der Waals surface area (Å²) >= 11 is 0. The van der Waals surface area contributed by atoms with Crippen LogP contribution in [0.15, 0.2) is 18.3 Å². The molecule has 1 atom stereocenters. The van der Waals surface area contributed by atoms with Gasteiger partial charge in [0, 0.05) is 32.3 Å². The maximum Gasteiger partial charge on any atom is 0.271 e. The van der Waals surface area contributed by atoms with E-state index in [9.17, 15) is 9.90 Å². The summed E-state index contributed by atoms with van der Waals surface area (Å²) in [7, 11) is 5.19. The number of hydrogen-bond acceptors (Lipinski definition) is 8.